The summed E-state index contributed by atoms with van der Waals surface area (Å²) in [5, 5.41) is 4.82. The lowest BCUT2D eigenvalue weighted by Gasteiger charge is -2.20. The van der Waals surface area contributed by atoms with Crippen LogP contribution >= 0.6 is 23.4 Å². The van der Waals surface area contributed by atoms with E-state index in [1.54, 1.807) is 0 Å². The Morgan fingerprint density at radius 2 is 1.95 bits per heavy atom. The number of benzene rings is 2. The number of hydrogen-bond acceptors (Lipinski definition) is 2. The molecular formula is C18H20ClNS. The van der Waals surface area contributed by atoms with Gasteiger partial charge in [-0.3, -0.25) is 0 Å². The first-order valence-corrected chi connectivity index (χ1v) is 8.66. The van der Waals surface area contributed by atoms with Crippen LogP contribution < -0.4 is 5.32 Å². The summed E-state index contributed by atoms with van der Waals surface area (Å²) in [5.74, 6) is 0.541. The molecule has 1 N–H and O–H groups in total. The van der Waals surface area contributed by atoms with Crippen molar-refractivity contribution in [3.05, 3.63) is 64.7 Å². The topological polar surface area (TPSA) is 12.0 Å². The molecule has 2 aromatic carbocycles. The van der Waals surface area contributed by atoms with Gasteiger partial charge in [-0.1, -0.05) is 41.9 Å². The highest BCUT2D eigenvalue weighted by Crippen LogP contribution is 2.41. The van der Waals surface area contributed by atoms with Crippen LogP contribution in [-0.2, 0) is 6.42 Å². The van der Waals surface area contributed by atoms with Crippen LogP contribution in [-0.4, -0.2) is 18.8 Å². The minimum Gasteiger partial charge on any atom is -0.319 e. The van der Waals surface area contributed by atoms with Crippen molar-refractivity contribution < 1.29 is 0 Å². The SMILES string of the molecule is CNCC(CC1Cc2ccccc2S1)c1ccc(Cl)cc1. The van der Waals surface area contributed by atoms with Crippen LogP contribution in [0.4, 0.5) is 0 Å². The Morgan fingerprint density at radius 3 is 2.67 bits per heavy atom. The van der Waals surface area contributed by atoms with Crippen molar-refractivity contribution in [2.75, 3.05) is 13.6 Å². The highest BCUT2D eigenvalue weighted by Gasteiger charge is 2.25. The first-order valence-electron chi connectivity index (χ1n) is 7.41. The number of rotatable bonds is 5. The van der Waals surface area contributed by atoms with E-state index in [1.165, 1.54) is 28.9 Å². The second-order valence-corrected chi connectivity index (χ2v) is 7.37. The van der Waals surface area contributed by atoms with Gasteiger partial charge in [-0.05, 0) is 55.1 Å². The number of likely N-dealkylation sites (N-methyl/N-ethyl adjacent to an activating group) is 1. The molecule has 1 aliphatic rings. The Morgan fingerprint density at radius 1 is 1.19 bits per heavy atom. The van der Waals surface area contributed by atoms with Gasteiger partial charge in [0.1, 0.15) is 0 Å². The molecule has 1 nitrogen and oxygen atoms in total. The molecule has 1 heterocycles. The Bertz CT molecular complexity index is 571. The molecule has 2 unspecified atom stereocenters. The zero-order chi connectivity index (χ0) is 14.7. The van der Waals surface area contributed by atoms with Crippen LogP contribution in [0.5, 0.6) is 0 Å². The maximum Gasteiger partial charge on any atom is 0.0406 e. The molecule has 110 valence electrons. The van der Waals surface area contributed by atoms with Crippen LogP contribution in [0.3, 0.4) is 0 Å². The van der Waals surface area contributed by atoms with Gasteiger partial charge in [-0.15, -0.1) is 11.8 Å². The maximum atomic E-state index is 6.00. The van der Waals surface area contributed by atoms with Crippen molar-refractivity contribution in [1.29, 1.82) is 0 Å². The third-order valence-electron chi connectivity index (χ3n) is 4.05. The number of hydrogen-bond donors (Lipinski definition) is 1. The van der Waals surface area contributed by atoms with E-state index in [9.17, 15) is 0 Å². The molecule has 21 heavy (non-hydrogen) atoms. The molecule has 0 saturated carbocycles. The molecule has 0 aliphatic carbocycles. The minimum atomic E-state index is 0.541. The predicted octanol–water partition coefficient (Wildman–Crippen LogP) is 4.75. The van der Waals surface area contributed by atoms with E-state index < -0.39 is 0 Å². The van der Waals surface area contributed by atoms with Crippen molar-refractivity contribution in [2.45, 2.75) is 28.9 Å². The van der Waals surface area contributed by atoms with E-state index in [1.807, 2.05) is 30.9 Å². The molecule has 3 rings (SSSR count). The number of fused-ring (bicyclic) bond motifs is 1. The lowest BCUT2D eigenvalue weighted by atomic mass is 9.92. The molecule has 2 atom stereocenters. The Kier molecular flexibility index (Phi) is 4.89. The maximum absolute atomic E-state index is 6.00. The van der Waals surface area contributed by atoms with E-state index in [-0.39, 0.29) is 0 Å². The van der Waals surface area contributed by atoms with Gasteiger partial charge in [0, 0.05) is 21.7 Å². The molecular weight excluding hydrogens is 298 g/mol. The van der Waals surface area contributed by atoms with Gasteiger partial charge in [-0.25, -0.2) is 0 Å². The van der Waals surface area contributed by atoms with Crippen LogP contribution in [0.25, 0.3) is 0 Å². The van der Waals surface area contributed by atoms with Crippen molar-refractivity contribution in [2.24, 2.45) is 0 Å². The molecule has 3 heteroatoms. The summed E-state index contributed by atoms with van der Waals surface area (Å²) < 4.78 is 0. The molecule has 2 aromatic rings. The largest absolute Gasteiger partial charge is 0.319 e. The molecule has 1 aliphatic heterocycles. The minimum absolute atomic E-state index is 0.541. The zero-order valence-electron chi connectivity index (χ0n) is 12.2. The van der Waals surface area contributed by atoms with E-state index >= 15 is 0 Å². The highest BCUT2D eigenvalue weighted by atomic mass is 35.5. The first kappa shape index (κ1) is 15.0. The van der Waals surface area contributed by atoms with E-state index in [0.29, 0.717) is 11.2 Å². The number of nitrogens with one attached hydrogen (secondary N) is 1. The highest BCUT2D eigenvalue weighted by molar-refractivity contribution is 8.00. The van der Waals surface area contributed by atoms with Crippen LogP contribution in [0.2, 0.25) is 5.02 Å². The molecule has 0 spiro atoms. The second-order valence-electron chi connectivity index (χ2n) is 5.59. The Labute approximate surface area is 136 Å². The molecule has 0 amide bonds. The Hall–Kier alpha value is -0.960. The zero-order valence-corrected chi connectivity index (χ0v) is 13.8. The fraction of sp³-hybridized carbons (Fsp3) is 0.333. The first-order chi connectivity index (χ1) is 10.3. The van der Waals surface area contributed by atoms with Gasteiger partial charge in [0.15, 0.2) is 0 Å². The quantitative estimate of drug-likeness (QED) is 0.854. The summed E-state index contributed by atoms with van der Waals surface area (Å²) in [7, 11) is 2.03. The van der Waals surface area contributed by atoms with Crippen molar-refractivity contribution in [3.63, 3.8) is 0 Å². The molecule has 0 bridgehead atoms. The average molecular weight is 318 g/mol. The van der Waals surface area contributed by atoms with Crippen LogP contribution in [0.1, 0.15) is 23.5 Å². The summed E-state index contributed by atoms with van der Waals surface area (Å²) in [6.45, 7) is 1.01. The Balaban J connectivity index is 1.70. The molecule has 0 aromatic heterocycles. The van der Waals surface area contributed by atoms with Crippen LogP contribution in [0, 0.1) is 0 Å². The summed E-state index contributed by atoms with van der Waals surface area (Å²) >= 11 is 8.04. The summed E-state index contributed by atoms with van der Waals surface area (Å²) in [5.41, 5.74) is 2.89. The fourth-order valence-corrected chi connectivity index (χ4v) is 4.56. The van der Waals surface area contributed by atoms with Crippen molar-refractivity contribution >= 4 is 23.4 Å². The summed E-state index contributed by atoms with van der Waals surface area (Å²) in [4.78, 5) is 1.46. The van der Waals surface area contributed by atoms with Gasteiger partial charge in [0.2, 0.25) is 0 Å². The summed E-state index contributed by atoms with van der Waals surface area (Å²) in [6, 6.07) is 17.1. The second kappa shape index (κ2) is 6.87. The predicted molar refractivity (Wildman–Crippen MR) is 92.5 cm³/mol. The fourth-order valence-electron chi connectivity index (χ4n) is 3.02. The van der Waals surface area contributed by atoms with Gasteiger partial charge in [-0.2, -0.15) is 0 Å². The van der Waals surface area contributed by atoms with Gasteiger partial charge in [0.05, 0.1) is 0 Å². The van der Waals surface area contributed by atoms with Gasteiger partial charge >= 0.3 is 0 Å². The molecule has 0 fully saturated rings. The standard InChI is InChI=1S/C18H20ClNS/c1-20-12-15(13-6-8-16(19)9-7-13)11-17-10-14-4-2-3-5-18(14)21-17/h2-9,15,17,20H,10-12H2,1H3. The average Bonchev–Trinajstić information content (AvgIpc) is 2.90. The smallest absolute Gasteiger partial charge is 0.0406 e. The lowest BCUT2D eigenvalue weighted by Crippen LogP contribution is -2.20. The third kappa shape index (κ3) is 3.63. The molecule has 0 saturated heterocycles. The van der Waals surface area contributed by atoms with Gasteiger partial charge in [0.25, 0.3) is 0 Å². The number of halogens is 1. The lowest BCUT2D eigenvalue weighted by molar-refractivity contribution is 0.571. The number of thioether (sulfide) groups is 1. The van der Waals surface area contributed by atoms with E-state index in [0.717, 1.165) is 11.6 Å². The molecule has 0 radical (unpaired) electrons. The van der Waals surface area contributed by atoms with Crippen molar-refractivity contribution in [1.82, 2.24) is 5.32 Å². The normalized spacial score (nSPS) is 18.5. The van der Waals surface area contributed by atoms with E-state index in [4.69, 9.17) is 11.6 Å². The van der Waals surface area contributed by atoms with Crippen molar-refractivity contribution in [3.8, 4) is 0 Å². The monoisotopic (exact) mass is 317 g/mol. The van der Waals surface area contributed by atoms with Crippen LogP contribution in [0.15, 0.2) is 53.4 Å². The van der Waals surface area contributed by atoms with E-state index in [2.05, 4.69) is 41.7 Å². The van der Waals surface area contributed by atoms with Gasteiger partial charge < -0.3 is 5.32 Å². The summed E-state index contributed by atoms with van der Waals surface area (Å²) in [6.07, 6.45) is 2.39. The third-order valence-corrected chi connectivity index (χ3v) is 5.65.